The number of benzene rings is 3. The Labute approximate surface area is 263 Å². The van der Waals surface area contributed by atoms with E-state index >= 15 is 0 Å². The van der Waals surface area contributed by atoms with Crippen LogP contribution in [0.3, 0.4) is 0 Å². The van der Waals surface area contributed by atoms with Crippen molar-refractivity contribution in [2.24, 2.45) is 0 Å². The molecule has 9 nitrogen and oxygen atoms in total. The number of nitrogens with one attached hydrogen (secondary N) is 1. The molecule has 0 saturated heterocycles. The first-order chi connectivity index (χ1) is 20.4. The number of carbonyl (C=O) groups is 2. The fourth-order valence-corrected chi connectivity index (χ4v) is 5.80. The summed E-state index contributed by atoms with van der Waals surface area (Å²) in [5.41, 5.74) is 1.44. The fourth-order valence-electron chi connectivity index (χ4n) is 4.44. The van der Waals surface area contributed by atoms with E-state index in [1.165, 1.54) is 31.3 Å². The number of ether oxygens (including phenoxy) is 2. The van der Waals surface area contributed by atoms with E-state index < -0.39 is 28.5 Å². The summed E-state index contributed by atoms with van der Waals surface area (Å²) in [5.74, 6) is -0.329. The number of rotatable bonds is 14. The molecule has 43 heavy (non-hydrogen) atoms. The maximum absolute atomic E-state index is 14.3. The second kappa shape index (κ2) is 15.3. The van der Waals surface area contributed by atoms with E-state index in [2.05, 4.69) is 5.32 Å². The van der Waals surface area contributed by atoms with Crippen LogP contribution in [0, 0.1) is 0 Å². The van der Waals surface area contributed by atoms with Gasteiger partial charge >= 0.3 is 0 Å². The Morgan fingerprint density at radius 2 is 1.56 bits per heavy atom. The van der Waals surface area contributed by atoms with Crippen LogP contribution in [0.25, 0.3) is 0 Å². The van der Waals surface area contributed by atoms with Crippen LogP contribution in [-0.4, -0.2) is 64.2 Å². The Bertz CT molecular complexity index is 1500. The summed E-state index contributed by atoms with van der Waals surface area (Å²) in [7, 11) is -1.08. The highest BCUT2D eigenvalue weighted by Crippen LogP contribution is 2.33. The minimum Gasteiger partial charge on any atom is -0.493 e. The van der Waals surface area contributed by atoms with Gasteiger partial charge in [-0.2, -0.15) is 0 Å². The van der Waals surface area contributed by atoms with Gasteiger partial charge in [-0.15, -0.1) is 0 Å². The SMILES string of the molecule is CC[C@@H](C)NC(=O)[C@H](Cc1ccccc1)N(Cc1c(Cl)cccc1Cl)C(=O)CN(c1ccc(OC)c(OC)c1)S(C)(=O)=O. The lowest BCUT2D eigenvalue weighted by Gasteiger charge is -2.34. The first-order valence-electron chi connectivity index (χ1n) is 13.7. The lowest BCUT2D eigenvalue weighted by atomic mass is 10.0. The lowest BCUT2D eigenvalue weighted by molar-refractivity contribution is -0.140. The third-order valence-electron chi connectivity index (χ3n) is 7.00. The van der Waals surface area contributed by atoms with Crippen LogP contribution in [0.5, 0.6) is 11.5 Å². The fraction of sp³-hybridized carbons (Fsp3) is 0.355. The largest absolute Gasteiger partial charge is 0.493 e. The van der Waals surface area contributed by atoms with Crippen molar-refractivity contribution in [2.45, 2.75) is 45.3 Å². The Hall–Kier alpha value is -3.47. The van der Waals surface area contributed by atoms with E-state index in [-0.39, 0.29) is 36.4 Å². The molecule has 0 bridgehead atoms. The smallest absolute Gasteiger partial charge is 0.244 e. The van der Waals surface area contributed by atoms with Crippen molar-refractivity contribution in [3.05, 3.63) is 87.9 Å². The number of amides is 2. The zero-order valence-electron chi connectivity index (χ0n) is 24.8. The van der Waals surface area contributed by atoms with E-state index in [1.54, 1.807) is 24.3 Å². The molecule has 0 aliphatic carbocycles. The Kier molecular flexibility index (Phi) is 12.1. The van der Waals surface area contributed by atoms with Gasteiger partial charge in [-0.05, 0) is 43.2 Å². The van der Waals surface area contributed by atoms with Crippen LogP contribution in [0.4, 0.5) is 5.69 Å². The first kappa shape index (κ1) is 34.0. The monoisotopic (exact) mass is 649 g/mol. The van der Waals surface area contributed by atoms with Crippen molar-refractivity contribution in [2.75, 3.05) is 31.3 Å². The van der Waals surface area contributed by atoms with Gasteiger partial charge in [0.15, 0.2) is 11.5 Å². The molecule has 1 N–H and O–H groups in total. The van der Waals surface area contributed by atoms with Crippen molar-refractivity contribution in [1.29, 1.82) is 0 Å². The predicted molar refractivity (Wildman–Crippen MR) is 171 cm³/mol. The number of methoxy groups -OCH3 is 2. The van der Waals surface area contributed by atoms with Crippen LogP contribution >= 0.6 is 23.2 Å². The zero-order valence-corrected chi connectivity index (χ0v) is 27.2. The number of nitrogens with zero attached hydrogens (tertiary/aromatic N) is 2. The van der Waals surface area contributed by atoms with Crippen molar-refractivity contribution >= 4 is 50.7 Å². The maximum Gasteiger partial charge on any atom is 0.244 e. The molecule has 0 spiro atoms. The third-order valence-corrected chi connectivity index (χ3v) is 8.85. The average Bonchev–Trinajstić information content (AvgIpc) is 2.98. The summed E-state index contributed by atoms with van der Waals surface area (Å²) < 4.78 is 37.7. The van der Waals surface area contributed by atoms with Crippen molar-refractivity contribution in [3.63, 3.8) is 0 Å². The van der Waals surface area contributed by atoms with Crippen LogP contribution in [0.15, 0.2) is 66.7 Å². The van der Waals surface area contributed by atoms with Gasteiger partial charge in [0.05, 0.1) is 26.2 Å². The van der Waals surface area contributed by atoms with Gasteiger partial charge in [0.1, 0.15) is 12.6 Å². The molecular weight excluding hydrogens is 613 g/mol. The standard InChI is InChI=1S/C31H37Cl2N3O6S/c1-6-21(2)34-31(38)27(17-22-11-8-7-9-12-22)35(19-24-25(32)13-10-14-26(24)33)30(37)20-36(43(5,39)40)23-15-16-28(41-3)29(18-23)42-4/h7-16,18,21,27H,6,17,19-20H2,1-5H3,(H,34,38)/t21-,27+/m1/s1. The summed E-state index contributed by atoms with van der Waals surface area (Å²) in [5, 5.41) is 3.60. The van der Waals surface area contributed by atoms with Crippen molar-refractivity contribution < 1.29 is 27.5 Å². The van der Waals surface area contributed by atoms with E-state index in [0.29, 0.717) is 27.8 Å². The van der Waals surface area contributed by atoms with E-state index in [0.717, 1.165) is 16.1 Å². The normalized spacial score (nSPS) is 12.6. The molecule has 2 atom stereocenters. The number of anilines is 1. The minimum atomic E-state index is -3.97. The minimum absolute atomic E-state index is 0.133. The summed E-state index contributed by atoms with van der Waals surface area (Å²) in [6.07, 6.45) is 1.85. The van der Waals surface area contributed by atoms with Gasteiger partial charge in [0.2, 0.25) is 21.8 Å². The molecule has 2 amide bonds. The predicted octanol–water partition coefficient (Wildman–Crippen LogP) is 5.33. The van der Waals surface area contributed by atoms with Gasteiger partial charge < -0.3 is 19.7 Å². The zero-order chi connectivity index (χ0) is 31.7. The second-order valence-electron chi connectivity index (χ2n) is 10.1. The molecule has 0 fully saturated rings. The van der Waals surface area contributed by atoms with E-state index in [4.69, 9.17) is 32.7 Å². The van der Waals surface area contributed by atoms with Gasteiger partial charge in [-0.3, -0.25) is 13.9 Å². The molecule has 0 saturated carbocycles. The Morgan fingerprint density at radius 1 is 0.930 bits per heavy atom. The van der Waals surface area contributed by atoms with Gasteiger partial charge in [-0.1, -0.05) is 66.5 Å². The van der Waals surface area contributed by atoms with Crippen LogP contribution in [0.2, 0.25) is 10.0 Å². The highest BCUT2D eigenvalue weighted by molar-refractivity contribution is 7.92. The molecule has 0 unspecified atom stereocenters. The first-order valence-corrected chi connectivity index (χ1v) is 16.3. The topological polar surface area (TPSA) is 105 Å². The number of hydrogen-bond donors (Lipinski definition) is 1. The number of carbonyl (C=O) groups excluding carboxylic acids is 2. The number of sulfonamides is 1. The molecule has 0 aliphatic rings. The molecular formula is C31H37Cl2N3O6S. The van der Waals surface area contributed by atoms with Crippen LogP contribution in [0.1, 0.15) is 31.4 Å². The van der Waals surface area contributed by atoms with Crippen molar-refractivity contribution in [3.8, 4) is 11.5 Å². The van der Waals surface area contributed by atoms with Gasteiger partial charge in [0.25, 0.3) is 0 Å². The highest BCUT2D eigenvalue weighted by atomic mass is 35.5. The Balaban J connectivity index is 2.13. The summed E-state index contributed by atoms with van der Waals surface area (Å²) in [6.45, 7) is 3.08. The number of hydrogen-bond acceptors (Lipinski definition) is 6. The maximum atomic E-state index is 14.3. The molecule has 0 heterocycles. The van der Waals surface area contributed by atoms with E-state index in [9.17, 15) is 18.0 Å². The molecule has 3 rings (SSSR count). The molecule has 232 valence electrons. The van der Waals surface area contributed by atoms with Gasteiger partial charge in [0, 0.05) is 40.7 Å². The molecule has 3 aromatic rings. The summed E-state index contributed by atoms with van der Waals surface area (Å²) in [6, 6.07) is 17.6. The molecule has 0 aromatic heterocycles. The molecule has 0 radical (unpaired) electrons. The van der Waals surface area contributed by atoms with E-state index in [1.807, 2.05) is 44.2 Å². The van der Waals surface area contributed by atoms with Crippen LogP contribution in [-0.2, 0) is 32.6 Å². The summed E-state index contributed by atoms with van der Waals surface area (Å²) in [4.78, 5) is 29.4. The highest BCUT2D eigenvalue weighted by Gasteiger charge is 2.34. The van der Waals surface area contributed by atoms with Crippen molar-refractivity contribution in [1.82, 2.24) is 10.2 Å². The Morgan fingerprint density at radius 3 is 2.12 bits per heavy atom. The lowest BCUT2D eigenvalue weighted by Crippen LogP contribution is -2.54. The molecule has 0 aliphatic heterocycles. The third kappa shape index (κ3) is 9.01. The molecule has 12 heteroatoms. The number of halogens is 2. The van der Waals surface area contributed by atoms with Gasteiger partial charge in [-0.25, -0.2) is 8.42 Å². The second-order valence-corrected chi connectivity index (χ2v) is 12.8. The average molecular weight is 651 g/mol. The summed E-state index contributed by atoms with van der Waals surface area (Å²) >= 11 is 13.0. The van der Waals surface area contributed by atoms with Crippen LogP contribution < -0.4 is 19.1 Å². The quantitative estimate of drug-likeness (QED) is 0.253. The molecule has 3 aromatic carbocycles.